The molecule has 1 aromatic carbocycles. The largest absolute Gasteiger partial charge is 0.496 e. The molecule has 1 N–H and O–H groups in total. The van der Waals surface area contributed by atoms with Crippen LogP contribution in [0, 0.1) is 5.82 Å². The maximum atomic E-state index is 12.9. The van der Waals surface area contributed by atoms with Gasteiger partial charge >= 0.3 is 0 Å². The number of methoxy groups -OCH3 is 1. The fourth-order valence-corrected chi connectivity index (χ4v) is 0.833. The number of benzene rings is 1. The summed E-state index contributed by atoms with van der Waals surface area (Å²) in [6.45, 7) is 0. The van der Waals surface area contributed by atoms with Crippen LogP contribution in [-0.2, 0) is 0 Å². The first-order chi connectivity index (χ1) is 5.79. The summed E-state index contributed by atoms with van der Waals surface area (Å²) < 4.78 is 17.7. The van der Waals surface area contributed by atoms with E-state index >= 15 is 0 Å². The molecule has 1 aromatic rings. The Morgan fingerprint density at radius 3 is 2.92 bits per heavy atom. The molecule has 0 aliphatic rings. The number of ether oxygens (including phenoxy) is 1. The van der Waals surface area contributed by atoms with Gasteiger partial charge in [-0.15, -0.1) is 0 Å². The van der Waals surface area contributed by atoms with E-state index in [9.17, 15) is 4.39 Å². The van der Waals surface area contributed by atoms with E-state index in [1.165, 1.54) is 19.2 Å². The third-order valence-electron chi connectivity index (χ3n) is 1.36. The zero-order valence-electron chi connectivity index (χ0n) is 6.41. The predicted molar refractivity (Wildman–Crippen MR) is 41.3 cm³/mol. The Kier molecular flexibility index (Phi) is 2.63. The van der Waals surface area contributed by atoms with E-state index in [1.54, 1.807) is 6.07 Å². The maximum absolute atomic E-state index is 12.9. The van der Waals surface area contributed by atoms with Crippen molar-refractivity contribution in [2.24, 2.45) is 5.16 Å². The molecule has 0 aromatic heterocycles. The lowest BCUT2D eigenvalue weighted by atomic mass is 10.2. The Morgan fingerprint density at radius 1 is 1.58 bits per heavy atom. The van der Waals surface area contributed by atoms with Crippen molar-refractivity contribution in [3.05, 3.63) is 29.6 Å². The molecule has 0 aliphatic heterocycles. The van der Waals surface area contributed by atoms with Gasteiger partial charge in [0.25, 0.3) is 0 Å². The first-order valence-corrected chi connectivity index (χ1v) is 3.22. The highest BCUT2D eigenvalue weighted by molar-refractivity contribution is 5.83. The summed E-state index contributed by atoms with van der Waals surface area (Å²) in [6, 6.07) is 4.28. The summed E-state index contributed by atoms with van der Waals surface area (Å²) in [7, 11) is 1.40. The van der Waals surface area contributed by atoms with Crippen LogP contribution in [0.15, 0.2) is 23.4 Å². The topological polar surface area (TPSA) is 41.8 Å². The number of nitrogens with zero attached hydrogens (tertiary/aromatic N) is 1. The van der Waals surface area contributed by atoms with Crippen LogP contribution < -0.4 is 4.74 Å². The van der Waals surface area contributed by atoms with Crippen LogP contribution in [0.25, 0.3) is 0 Å². The Hall–Kier alpha value is -1.58. The average Bonchev–Trinajstić information content (AvgIpc) is 2.09. The van der Waals surface area contributed by atoms with Crippen LogP contribution >= 0.6 is 0 Å². The molecule has 0 aliphatic carbocycles. The van der Waals surface area contributed by atoms with Gasteiger partial charge in [-0.25, -0.2) is 4.39 Å². The average molecular weight is 168 g/mol. The van der Waals surface area contributed by atoms with E-state index < -0.39 is 5.82 Å². The molecule has 0 saturated heterocycles. The lowest BCUT2D eigenvalue weighted by Crippen LogP contribution is -1.94. The molecule has 4 heteroatoms. The lowest BCUT2D eigenvalue weighted by molar-refractivity contribution is 0.321. The Balaban J connectivity index is 3.19. The van der Waals surface area contributed by atoms with E-state index in [0.717, 1.165) is 0 Å². The molecule has 0 heterocycles. The van der Waals surface area contributed by atoms with Crippen LogP contribution in [0.1, 0.15) is 5.56 Å². The summed E-state index contributed by atoms with van der Waals surface area (Å²) >= 11 is 0. The van der Waals surface area contributed by atoms with E-state index in [4.69, 9.17) is 9.94 Å². The summed E-state index contributed by atoms with van der Waals surface area (Å²) in [5.74, 6) is -0.250. The van der Waals surface area contributed by atoms with Crippen molar-refractivity contribution in [1.82, 2.24) is 0 Å². The standard InChI is InChI=1S/C8H7FNO2/c1-12-8-4-2-3-7(9)6(8)5-10-11/h2-4,11H,1H3. The number of hydrogen-bond acceptors (Lipinski definition) is 3. The van der Waals surface area contributed by atoms with E-state index in [2.05, 4.69) is 11.4 Å². The third kappa shape index (κ3) is 1.53. The summed E-state index contributed by atoms with van der Waals surface area (Å²) in [4.78, 5) is 0. The molecule has 0 bridgehead atoms. The SMILES string of the molecule is COc1cccc(F)c1/[C]=N/O. The molecule has 0 fully saturated rings. The quantitative estimate of drug-likeness (QED) is 0.413. The summed E-state index contributed by atoms with van der Waals surface area (Å²) in [5.41, 5.74) is 0.0162. The number of hydrogen-bond donors (Lipinski definition) is 1. The third-order valence-corrected chi connectivity index (χ3v) is 1.36. The molecule has 1 radical (unpaired) electrons. The van der Waals surface area contributed by atoms with Gasteiger partial charge in [-0.3, -0.25) is 0 Å². The fourth-order valence-electron chi connectivity index (χ4n) is 0.833. The van der Waals surface area contributed by atoms with E-state index in [1.807, 2.05) is 0 Å². The molecule has 0 atom stereocenters. The zero-order chi connectivity index (χ0) is 8.97. The molecular weight excluding hydrogens is 161 g/mol. The molecule has 63 valence electrons. The van der Waals surface area contributed by atoms with Crippen LogP contribution in [0.2, 0.25) is 0 Å². The van der Waals surface area contributed by atoms with E-state index in [-0.39, 0.29) is 11.3 Å². The highest BCUT2D eigenvalue weighted by Crippen LogP contribution is 2.18. The number of rotatable bonds is 2. The highest BCUT2D eigenvalue weighted by Gasteiger charge is 2.06. The number of halogens is 1. The van der Waals surface area contributed by atoms with Crippen molar-refractivity contribution in [2.75, 3.05) is 7.11 Å². The van der Waals surface area contributed by atoms with Gasteiger partial charge in [0.2, 0.25) is 0 Å². The van der Waals surface area contributed by atoms with Gasteiger partial charge in [0.05, 0.1) is 12.7 Å². The summed E-state index contributed by atoms with van der Waals surface area (Å²) in [6.07, 6.45) is 2.08. The lowest BCUT2D eigenvalue weighted by Gasteiger charge is -2.02. The van der Waals surface area contributed by atoms with Crippen molar-refractivity contribution >= 4 is 6.21 Å². The molecule has 0 amide bonds. The molecule has 0 unspecified atom stereocenters. The van der Waals surface area contributed by atoms with Gasteiger partial charge in [0.1, 0.15) is 17.8 Å². The van der Waals surface area contributed by atoms with Crippen molar-refractivity contribution in [2.45, 2.75) is 0 Å². The second-order valence-corrected chi connectivity index (χ2v) is 2.03. The predicted octanol–water partition coefficient (Wildman–Crippen LogP) is 1.52. The zero-order valence-corrected chi connectivity index (χ0v) is 6.41. The Morgan fingerprint density at radius 2 is 2.33 bits per heavy atom. The van der Waals surface area contributed by atoms with Gasteiger partial charge in [-0.05, 0) is 12.1 Å². The molecular formula is C8H7FNO2. The minimum Gasteiger partial charge on any atom is -0.496 e. The minimum atomic E-state index is -0.535. The molecule has 0 spiro atoms. The van der Waals surface area contributed by atoms with Crippen LogP contribution in [-0.4, -0.2) is 18.5 Å². The molecule has 1 rings (SSSR count). The normalized spacial score (nSPS) is 10.5. The summed E-state index contributed by atoms with van der Waals surface area (Å²) in [5, 5.41) is 10.8. The van der Waals surface area contributed by atoms with Crippen molar-refractivity contribution < 1.29 is 14.3 Å². The van der Waals surface area contributed by atoms with Crippen LogP contribution in [0.5, 0.6) is 5.75 Å². The van der Waals surface area contributed by atoms with Gasteiger partial charge < -0.3 is 9.94 Å². The second-order valence-electron chi connectivity index (χ2n) is 2.03. The minimum absolute atomic E-state index is 0.0162. The fraction of sp³-hybridized carbons (Fsp3) is 0.125. The van der Waals surface area contributed by atoms with E-state index in [0.29, 0.717) is 0 Å². The first-order valence-electron chi connectivity index (χ1n) is 3.22. The van der Waals surface area contributed by atoms with Crippen LogP contribution in [0.3, 0.4) is 0 Å². The second kappa shape index (κ2) is 3.71. The molecule has 12 heavy (non-hydrogen) atoms. The Bertz CT molecular complexity index is 299. The van der Waals surface area contributed by atoms with Crippen molar-refractivity contribution in [3.8, 4) is 5.75 Å². The van der Waals surface area contributed by atoms with Gasteiger partial charge in [-0.1, -0.05) is 11.2 Å². The van der Waals surface area contributed by atoms with Crippen molar-refractivity contribution in [1.29, 1.82) is 0 Å². The smallest absolute Gasteiger partial charge is 0.146 e. The van der Waals surface area contributed by atoms with Gasteiger partial charge in [-0.2, -0.15) is 0 Å². The first kappa shape index (κ1) is 8.52. The highest BCUT2D eigenvalue weighted by atomic mass is 19.1. The molecule has 0 saturated carbocycles. The van der Waals surface area contributed by atoms with Gasteiger partial charge in [0, 0.05) is 0 Å². The Labute approximate surface area is 69.1 Å². The maximum Gasteiger partial charge on any atom is 0.146 e. The molecule has 3 nitrogen and oxygen atoms in total. The monoisotopic (exact) mass is 168 g/mol. The van der Waals surface area contributed by atoms with Crippen molar-refractivity contribution in [3.63, 3.8) is 0 Å². The van der Waals surface area contributed by atoms with Gasteiger partial charge in [0.15, 0.2) is 0 Å². The van der Waals surface area contributed by atoms with Crippen LogP contribution in [0.4, 0.5) is 4.39 Å².